The molecule has 114 valence electrons. The number of anilines is 1. The Morgan fingerprint density at radius 2 is 2.00 bits per heavy atom. The van der Waals surface area contributed by atoms with Gasteiger partial charge in [0.15, 0.2) is 0 Å². The lowest BCUT2D eigenvalue weighted by molar-refractivity contribution is 0.210. The van der Waals surface area contributed by atoms with E-state index in [1.54, 1.807) is 31.5 Å². The number of methoxy groups -OCH3 is 1. The lowest BCUT2D eigenvalue weighted by atomic mass is 10.1. The first-order valence-corrected chi connectivity index (χ1v) is 7.23. The van der Waals surface area contributed by atoms with Crippen LogP contribution in [0, 0.1) is 5.82 Å². The summed E-state index contributed by atoms with van der Waals surface area (Å²) in [6.45, 7) is 1.20. The maximum absolute atomic E-state index is 13.1. The molecule has 3 rings (SSSR count). The summed E-state index contributed by atoms with van der Waals surface area (Å²) in [6.07, 6.45) is 1.80. The second kappa shape index (κ2) is 6.34. The summed E-state index contributed by atoms with van der Waals surface area (Å²) < 4.78 is 20.1. The van der Waals surface area contributed by atoms with E-state index in [0.29, 0.717) is 18.2 Å². The van der Waals surface area contributed by atoms with Gasteiger partial charge in [-0.05, 0) is 36.4 Å². The minimum absolute atomic E-state index is 0.274. The molecule has 0 saturated carbocycles. The van der Waals surface area contributed by atoms with Crippen LogP contribution in [0.25, 0.3) is 16.9 Å². The van der Waals surface area contributed by atoms with Crippen LogP contribution in [0.5, 0.6) is 0 Å². The second-order valence-corrected chi connectivity index (χ2v) is 5.25. The van der Waals surface area contributed by atoms with Gasteiger partial charge in [0, 0.05) is 25.4 Å². The van der Waals surface area contributed by atoms with E-state index in [4.69, 9.17) is 16.3 Å². The Labute approximate surface area is 132 Å². The van der Waals surface area contributed by atoms with Gasteiger partial charge in [-0.3, -0.25) is 4.40 Å². The first-order valence-electron chi connectivity index (χ1n) is 6.85. The molecule has 0 atom stereocenters. The number of nitrogens with one attached hydrogen (secondary N) is 1. The van der Waals surface area contributed by atoms with Crippen molar-refractivity contribution in [3.63, 3.8) is 0 Å². The zero-order valence-corrected chi connectivity index (χ0v) is 12.8. The number of fused-ring (bicyclic) bond motifs is 1. The molecule has 0 unspecified atom stereocenters. The summed E-state index contributed by atoms with van der Waals surface area (Å²) >= 11 is 6.08. The number of nitrogens with zero attached hydrogens (tertiary/aromatic N) is 2. The van der Waals surface area contributed by atoms with E-state index in [1.807, 2.05) is 10.5 Å². The minimum atomic E-state index is -0.274. The minimum Gasteiger partial charge on any atom is -0.383 e. The van der Waals surface area contributed by atoms with Crippen LogP contribution < -0.4 is 5.32 Å². The lowest BCUT2D eigenvalue weighted by Crippen LogP contribution is -2.10. The highest BCUT2D eigenvalue weighted by molar-refractivity contribution is 6.30. The number of imidazole rings is 1. The van der Waals surface area contributed by atoms with Crippen molar-refractivity contribution in [2.75, 3.05) is 25.6 Å². The number of pyridine rings is 1. The third-order valence-corrected chi connectivity index (χ3v) is 3.52. The number of ether oxygens (including phenoxy) is 1. The van der Waals surface area contributed by atoms with Crippen molar-refractivity contribution in [2.24, 2.45) is 0 Å². The molecular weight excluding hydrogens is 305 g/mol. The molecule has 3 aromatic rings. The molecule has 1 N–H and O–H groups in total. The Balaban J connectivity index is 2.10. The Morgan fingerprint density at radius 1 is 1.23 bits per heavy atom. The number of rotatable bonds is 5. The smallest absolute Gasteiger partial charge is 0.139 e. The monoisotopic (exact) mass is 319 g/mol. The molecule has 0 aliphatic rings. The highest BCUT2D eigenvalue weighted by Crippen LogP contribution is 2.29. The van der Waals surface area contributed by atoms with E-state index in [2.05, 4.69) is 10.3 Å². The number of aromatic nitrogens is 2. The molecule has 0 fully saturated rings. The van der Waals surface area contributed by atoms with Gasteiger partial charge in [-0.2, -0.15) is 0 Å². The largest absolute Gasteiger partial charge is 0.383 e. The molecule has 6 heteroatoms. The zero-order valence-electron chi connectivity index (χ0n) is 12.0. The normalized spacial score (nSPS) is 11.0. The summed E-state index contributed by atoms with van der Waals surface area (Å²) in [4.78, 5) is 4.61. The molecule has 0 saturated heterocycles. The van der Waals surface area contributed by atoms with Gasteiger partial charge >= 0.3 is 0 Å². The number of hydrogen-bond acceptors (Lipinski definition) is 3. The third kappa shape index (κ3) is 2.91. The van der Waals surface area contributed by atoms with Crippen LogP contribution in [0.15, 0.2) is 42.6 Å². The number of hydrogen-bond donors (Lipinski definition) is 1. The lowest BCUT2D eigenvalue weighted by Gasteiger charge is -2.08. The molecule has 0 aliphatic carbocycles. The fourth-order valence-corrected chi connectivity index (χ4v) is 2.43. The second-order valence-electron chi connectivity index (χ2n) is 4.81. The average molecular weight is 320 g/mol. The number of benzene rings is 1. The highest BCUT2D eigenvalue weighted by Gasteiger charge is 2.14. The van der Waals surface area contributed by atoms with Crippen molar-refractivity contribution >= 4 is 23.1 Å². The maximum Gasteiger partial charge on any atom is 0.139 e. The fraction of sp³-hybridized carbons (Fsp3) is 0.188. The summed E-state index contributed by atoms with van der Waals surface area (Å²) in [5.74, 6) is 0.533. The predicted molar refractivity (Wildman–Crippen MR) is 86.0 cm³/mol. The first kappa shape index (κ1) is 14.8. The van der Waals surface area contributed by atoms with Crippen molar-refractivity contribution in [3.8, 4) is 11.3 Å². The molecule has 2 aromatic heterocycles. The van der Waals surface area contributed by atoms with Gasteiger partial charge in [0.25, 0.3) is 0 Å². The zero-order chi connectivity index (χ0) is 15.5. The number of halogens is 2. The Hall–Kier alpha value is -2.11. The van der Waals surface area contributed by atoms with E-state index < -0.39 is 0 Å². The highest BCUT2D eigenvalue weighted by atomic mass is 35.5. The molecule has 4 nitrogen and oxygen atoms in total. The Kier molecular flexibility index (Phi) is 4.27. The van der Waals surface area contributed by atoms with E-state index in [1.165, 1.54) is 12.1 Å². The topological polar surface area (TPSA) is 38.6 Å². The fourth-order valence-electron chi connectivity index (χ4n) is 2.27. The molecule has 22 heavy (non-hydrogen) atoms. The Morgan fingerprint density at radius 3 is 2.73 bits per heavy atom. The first-order chi connectivity index (χ1) is 10.7. The van der Waals surface area contributed by atoms with Crippen molar-refractivity contribution < 1.29 is 9.13 Å². The van der Waals surface area contributed by atoms with Gasteiger partial charge in [-0.25, -0.2) is 9.37 Å². The summed E-state index contributed by atoms with van der Waals surface area (Å²) in [6, 6.07) is 9.89. The molecule has 1 aromatic carbocycles. The van der Waals surface area contributed by atoms with E-state index >= 15 is 0 Å². The van der Waals surface area contributed by atoms with Crippen LogP contribution >= 0.6 is 11.6 Å². The van der Waals surface area contributed by atoms with Crippen molar-refractivity contribution in [3.05, 3.63) is 53.4 Å². The maximum atomic E-state index is 13.1. The van der Waals surface area contributed by atoms with Crippen LogP contribution in [-0.2, 0) is 4.74 Å². The summed E-state index contributed by atoms with van der Waals surface area (Å²) in [5.41, 5.74) is 2.35. The molecule has 0 bridgehead atoms. The van der Waals surface area contributed by atoms with Crippen molar-refractivity contribution in [2.45, 2.75) is 0 Å². The van der Waals surface area contributed by atoms with Crippen LogP contribution in [0.1, 0.15) is 0 Å². The Bertz CT molecular complexity index is 786. The van der Waals surface area contributed by atoms with Gasteiger partial charge in [-0.1, -0.05) is 11.6 Å². The SMILES string of the molecule is COCCNc1c(-c2ccc(F)cc2)nc2ccc(Cl)cn12. The van der Waals surface area contributed by atoms with E-state index in [0.717, 1.165) is 22.7 Å². The predicted octanol–water partition coefficient (Wildman–Crippen LogP) is 3.85. The van der Waals surface area contributed by atoms with Crippen molar-refractivity contribution in [1.29, 1.82) is 0 Å². The average Bonchev–Trinajstić information content (AvgIpc) is 2.86. The summed E-state index contributed by atoms with van der Waals surface area (Å²) in [5, 5.41) is 3.92. The molecular formula is C16H15ClFN3O. The third-order valence-electron chi connectivity index (χ3n) is 3.30. The van der Waals surface area contributed by atoms with Crippen LogP contribution in [0.2, 0.25) is 5.02 Å². The quantitative estimate of drug-likeness (QED) is 0.726. The molecule has 0 aliphatic heterocycles. The van der Waals surface area contributed by atoms with Gasteiger partial charge in [0.2, 0.25) is 0 Å². The molecule has 0 radical (unpaired) electrons. The standard InChI is InChI=1S/C16H15ClFN3O/c1-22-9-8-19-16-15(11-2-5-13(18)6-3-11)20-14-7-4-12(17)10-21(14)16/h2-7,10,19H,8-9H2,1H3. The van der Waals surface area contributed by atoms with Crippen LogP contribution in [-0.4, -0.2) is 29.6 Å². The van der Waals surface area contributed by atoms with Gasteiger partial charge in [-0.15, -0.1) is 0 Å². The molecule has 2 heterocycles. The van der Waals surface area contributed by atoms with Gasteiger partial charge in [0.1, 0.15) is 23.0 Å². The summed E-state index contributed by atoms with van der Waals surface area (Å²) in [7, 11) is 1.65. The van der Waals surface area contributed by atoms with Gasteiger partial charge < -0.3 is 10.1 Å². The van der Waals surface area contributed by atoms with Crippen molar-refractivity contribution in [1.82, 2.24) is 9.38 Å². The molecule has 0 amide bonds. The van der Waals surface area contributed by atoms with E-state index in [9.17, 15) is 4.39 Å². The van der Waals surface area contributed by atoms with E-state index in [-0.39, 0.29) is 5.82 Å². The molecule has 0 spiro atoms. The van der Waals surface area contributed by atoms with Crippen LogP contribution in [0.4, 0.5) is 10.2 Å². The van der Waals surface area contributed by atoms with Crippen LogP contribution in [0.3, 0.4) is 0 Å². The van der Waals surface area contributed by atoms with Gasteiger partial charge in [0.05, 0.1) is 11.6 Å².